The smallest absolute Gasteiger partial charge is 0.306 e. The Labute approximate surface area is 589 Å². The van der Waals surface area contributed by atoms with Gasteiger partial charge in [0.2, 0.25) is 41.2 Å². The SMILES string of the molecule is CCC(=O)O[C@]1(C(=O)COCNC(=O)CNC(=O)[C@H](Cc2ccccc2)NC(=O)CNC(=O)CNC(=O)CCOCCOCCOCCOCCNC(=O)CCN2C(=O)C(Sc3ccccc3)=C(Sc3ccccc3)C2=O)[C@@H](C)CC2[C@@H]3CCC4=CC(=O)C=C[C@]4(C)[C@@]3(Cl)[C@@H](O)C[C@@]21C. The van der Waals surface area contributed by atoms with Crippen LogP contribution < -0.4 is 31.9 Å². The van der Waals surface area contributed by atoms with Gasteiger partial charge in [-0.05, 0) is 79.5 Å². The summed E-state index contributed by atoms with van der Waals surface area (Å²) in [6, 6.07) is 26.2. The van der Waals surface area contributed by atoms with Gasteiger partial charge in [0.25, 0.3) is 11.8 Å². The number of hydrogen-bond donors (Lipinski definition) is 7. The molecule has 0 radical (unpaired) electrons. The van der Waals surface area contributed by atoms with E-state index >= 15 is 0 Å². The summed E-state index contributed by atoms with van der Waals surface area (Å²) in [7, 11) is 0. The van der Waals surface area contributed by atoms with Crippen molar-refractivity contribution in [1.29, 1.82) is 0 Å². The lowest BCUT2D eigenvalue weighted by molar-refractivity contribution is -0.203. The summed E-state index contributed by atoms with van der Waals surface area (Å²) in [5.74, 6) is -6.87. The monoisotopic (exact) mass is 1430 g/mol. The van der Waals surface area contributed by atoms with Crippen molar-refractivity contribution in [3.05, 3.63) is 130 Å². The van der Waals surface area contributed by atoms with E-state index in [1.165, 1.54) is 29.6 Å². The van der Waals surface area contributed by atoms with Gasteiger partial charge < -0.3 is 65.4 Å². The average molecular weight is 1430 g/mol. The maximum atomic E-state index is 14.6. The first-order valence-corrected chi connectivity index (χ1v) is 35.2. The Morgan fingerprint density at radius 2 is 1.20 bits per heavy atom. The zero-order chi connectivity index (χ0) is 71.2. The van der Waals surface area contributed by atoms with Crippen LogP contribution in [0.1, 0.15) is 78.2 Å². The third-order valence-electron chi connectivity index (χ3n) is 18.7. The number of imide groups is 1. The number of rotatable bonds is 39. The number of nitrogens with zero attached hydrogens (tertiary/aromatic N) is 1. The molecule has 3 saturated carbocycles. The number of esters is 1. The van der Waals surface area contributed by atoms with E-state index in [1.807, 2.05) is 81.4 Å². The fraction of sp³-hybridized carbons (Fsp3) is 0.507. The number of nitrogens with one attached hydrogen (secondary N) is 6. The predicted octanol–water partition coefficient (Wildman–Crippen LogP) is 4.43. The molecule has 5 aliphatic rings. The molecular formula is C71H88ClN7O18S2. The summed E-state index contributed by atoms with van der Waals surface area (Å²) in [5, 5.41) is 27.4. The van der Waals surface area contributed by atoms with Crippen LogP contribution in [0.2, 0.25) is 0 Å². The highest BCUT2D eigenvalue weighted by Crippen LogP contribution is 2.72. The lowest BCUT2D eigenvalue weighted by Gasteiger charge is -2.64. The van der Waals surface area contributed by atoms with E-state index in [4.69, 9.17) is 40.0 Å². The van der Waals surface area contributed by atoms with Crippen molar-refractivity contribution >= 4 is 99.9 Å². The molecule has 3 aromatic rings. The topological polar surface area (TPSA) is 339 Å². The van der Waals surface area contributed by atoms with E-state index in [0.29, 0.717) is 34.6 Å². The second-order valence-corrected chi connectivity index (χ2v) is 27.9. The van der Waals surface area contributed by atoms with Crippen LogP contribution in [0.3, 0.4) is 0 Å². The lowest BCUT2D eigenvalue weighted by Crippen LogP contribution is -2.69. The standard InChI is InChI=1S/C71H88ClN7O18S2/c1-5-62(88)97-71(46(2)37-53-52-22-21-48-39-49(80)23-26-68(48,3)70(52,72)55(81)40-69(53,71)4)56(82)44-96-45-77-60(86)42-76-65(89)54(38-47-15-9-6-10-16-47)78-61(87)43-75-59(85)41-74-58(84)25-29-92-31-33-94-35-36-95-34-32-93-30-27-73-57(83)24-28-79-66(90)63(98-50-17-11-7-12-18-50)64(67(79)91)99-51-19-13-8-14-20-51/h6-20,23,26,39,46,52-55,81H,5,21-22,24-25,27-38,40-45H2,1-4H3,(H,73,83)(H,74,84)(H,75,85)(H,76,89)(H,77,86)(H,78,87)/t46-,52-,53?,54-,55-,68-,69-,70-,71-/m0/s1. The first-order valence-electron chi connectivity index (χ1n) is 33.2. The molecule has 0 saturated heterocycles. The third kappa shape index (κ3) is 19.5. The number of Topliss-reactive ketones (excluding diaryl/α,β-unsaturated/α-hetero) is 1. The molecule has 0 spiro atoms. The van der Waals surface area contributed by atoms with Gasteiger partial charge in [-0.3, -0.25) is 57.6 Å². The van der Waals surface area contributed by atoms with Gasteiger partial charge in [0, 0.05) is 65.3 Å². The zero-order valence-corrected chi connectivity index (χ0v) is 58.5. The number of fused-ring (bicyclic) bond motifs is 5. The van der Waals surface area contributed by atoms with E-state index < -0.39 is 125 Å². The van der Waals surface area contributed by atoms with E-state index in [-0.39, 0.29) is 122 Å². The molecule has 0 aromatic heterocycles. The molecule has 0 bridgehead atoms. The Balaban J connectivity index is 0.648. The van der Waals surface area contributed by atoms with E-state index in [2.05, 4.69) is 31.9 Å². The van der Waals surface area contributed by atoms with Crippen LogP contribution in [-0.4, -0.2) is 196 Å². The third-order valence-corrected chi connectivity index (χ3v) is 22.0. The predicted molar refractivity (Wildman–Crippen MR) is 366 cm³/mol. The maximum absolute atomic E-state index is 14.6. The largest absolute Gasteiger partial charge is 0.450 e. The average Bonchev–Trinajstić information content (AvgIpc) is 1.63. The van der Waals surface area contributed by atoms with E-state index in [1.54, 1.807) is 49.4 Å². The molecule has 1 unspecified atom stereocenters. The number of allylic oxidation sites excluding steroid dienone is 4. The first kappa shape index (κ1) is 77.1. The Hall–Kier alpha value is -7.60. The molecule has 3 fully saturated rings. The van der Waals surface area contributed by atoms with Gasteiger partial charge in [-0.15, -0.1) is 11.6 Å². The molecule has 1 heterocycles. The molecule has 4 aliphatic carbocycles. The number of aliphatic hydroxyl groups is 1. The van der Waals surface area contributed by atoms with Crippen molar-refractivity contribution in [1.82, 2.24) is 36.8 Å². The summed E-state index contributed by atoms with van der Waals surface area (Å²) in [6.45, 7) is 6.65. The minimum atomic E-state index is -1.71. The zero-order valence-electron chi connectivity index (χ0n) is 56.1. The van der Waals surface area contributed by atoms with E-state index in [9.17, 15) is 57.8 Å². The number of alkyl halides is 1. The molecule has 1 aliphatic heterocycles. The molecule has 99 heavy (non-hydrogen) atoms. The van der Waals surface area contributed by atoms with Crippen LogP contribution in [0.5, 0.6) is 0 Å². The van der Waals surface area contributed by atoms with Crippen molar-refractivity contribution in [3.63, 3.8) is 0 Å². The summed E-state index contributed by atoms with van der Waals surface area (Å²) < 4.78 is 34.0. The Morgan fingerprint density at radius 3 is 1.82 bits per heavy atom. The summed E-state index contributed by atoms with van der Waals surface area (Å²) in [5.41, 5.74) is -2.09. The normalized spacial score (nSPS) is 24.0. The summed E-state index contributed by atoms with van der Waals surface area (Å²) in [6.07, 6.45) is 5.19. The molecule has 534 valence electrons. The van der Waals surface area contributed by atoms with Crippen molar-refractivity contribution in [2.45, 2.75) is 111 Å². The van der Waals surface area contributed by atoms with Crippen molar-refractivity contribution < 1.29 is 86.3 Å². The van der Waals surface area contributed by atoms with Crippen LogP contribution in [-0.2, 0) is 87.6 Å². The van der Waals surface area contributed by atoms with Crippen LogP contribution in [0, 0.1) is 28.6 Å². The maximum Gasteiger partial charge on any atom is 0.306 e. The molecule has 7 N–H and O–H groups in total. The van der Waals surface area contributed by atoms with Crippen molar-refractivity contribution in [2.24, 2.45) is 28.6 Å². The number of amides is 8. The van der Waals surface area contributed by atoms with Crippen LogP contribution >= 0.6 is 35.1 Å². The number of benzene rings is 3. The molecule has 8 amide bonds. The number of carbonyl (C=O) groups excluding carboxylic acids is 11. The van der Waals surface area contributed by atoms with Gasteiger partial charge in [0.05, 0.1) is 93.3 Å². The van der Waals surface area contributed by atoms with Crippen LogP contribution in [0.15, 0.2) is 134 Å². The van der Waals surface area contributed by atoms with Gasteiger partial charge in [-0.25, -0.2) is 0 Å². The van der Waals surface area contributed by atoms with Crippen molar-refractivity contribution in [2.75, 3.05) is 98.9 Å². The minimum Gasteiger partial charge on any atom is -0.450 e. The summed E-state index contributed by atoms with van der Waals surface area (Å²) >= 11 is 10.1. The molecule has 8 rings (SSSR count). The number of aliphatic hydroxyl groups excluding tert-OH is 1. The Bertz CT molecular complexity index is 3430. The molecule has 9 atom stereocenters. The first-order chi connectivity index (χ1) is 47.5. The molecule has 25 nitrogen and oxygen atoms in total. The minimum absolute atomic E-state index is 0.0146. The highest BCUT2D eigenvalue weighted by atomic mass is 35.5. The number of carbonyl (C=O) groups is 11. The van der Waals surface area contributed by atoms with Gasteiger partial charge in [-0.2, -0.15) is 0 Å². The Kier molecular flexibility index (Phi) is 28.6. The fourth-order valence-corrected chi connectivity index (χ4v) is 16.4. The number of ether oxygens (including phenoxy) is 6. The number of hydrogen-bond acceptors (Lipinski definition) is 20. The van der Waals surface area contributed by atoms with Gasteiger partial charge >= 0.3 is 5.97 Å². The van der Waals surface area contributed by atoms with Gasteiger partial charge in [0.1, 0.15) is 19.4 Å². The quantitative estimate of drug-likeness (QED) is 0.0137. The molecule has 3 aromatic carbocycles. The molecular weight excluding hydrogens is 1340 g/mol. The highest BCUT2D eigenvalue weighted by molar-refractivity contribution is 8.08. The highest BCUT2D eigenvalue weighted by Gasteiger charge is 2.76. The second kappa shape index (κ2) is 36.7. The van der Waals surface area contributed by atoms with Gasteiger partial charge in [0.15, 0.2) is 11.4 Å². The summed E-state index contributed by atoms with van der Waals surface area (Å²) in [4.78, 5) is 147. The van der Waals surface area contributed by atoms with Gasteiger partial charge in [-0.1, -0.05) is 130 Å². The van der Waals surface area contributed by atoms with Crippen LogP contribution in [0.4, 0.5) is 0 Å². The van der Waals surface area contributed by atoms with E-state index in [0.717, 1.165) is 20.3 Å². The number of halogens is 1. The number of ketones is 2. The number of thioether (sulfide) groups is 2. The molecule has 28 heteroatoms. The lowest BCUT2D eigenvalue weighted by atomic mass is 9.45. The van der Waals surface area contributed by atoms with Crippen LogP contribution in [0.25, 0.3) is 0 Å². The fourth-order valence-electron chi connectivity index (χ4n) is 13.8. The van der Waals surface area contributed by atoms with Crippen molar-refractivity contribution in [3.8, 4) is 0 Å². The Morgan fingerprint density at radius 1 is 0.657 bits per heavy atom. The second-order valence-electron chi connectivity index (χ2n) is 25.1.